The third kappa shape index (κ3) is 3.55. The molecule has 4 heteroatoms. The third-order valence-corrected chi connectivity index (χ3v) is 2.59. The van der Waals surface area contributed by atoms with Crippen LogP contribution in [0.2, 0.25) is 0 Å². The minimum atomic E-state index is -0.0824. The summed E-state index contributed by atoms with van der Waals surface area (Å²) in [5.41, 5.74) is 6.82. The molecule has 1 amide bonds. The fraction of sp³-hybridized carbons (Fsp3) is 0.417. The molecule has 0 aliphatic rings. The lowest BCUT2D eigenvalue weighted by Crippen LogP contribution is -2.38. The van der Waals surface area contributed by atoms with Gasteiger partial charge in [-0.05, 0) is 39.2 Å². The van der Waals surface area contributed by atoms with Gasteiger partial charge >= 0.3 is 0 Å². The van der Waals surface area contributed by atoms with Gasteiger partial charge in [-0.2, -0.15) is 0 Å². The Bertz CT molecular complexity index is 363. The molecule has 0 saturated carbocycles. The molecule has 0 radical (unpaired) electrons. The van der Waals surface area contributed by atoms with E-state index in [-0.39, 0.29) is 5.91 Å². The molecule has 0 fully saturated rings. The number of carbonyl (C=O) groups excluding carboxylic acids is 1. The van der Waals surface area contributed by atoms with E-state index in [0.29, 0.717) is 23.8 Å². The van der Waals surface area contributed by atoms with Gasteiger partial charge in [0.2, 0.25) is 0 Å². The van der Waals surface area contributed by atoms with Crippen LogP contribution in [0, 0.1) is 0 Å². The zero-order valence-corrected chi connectivity index (χ0v) is 10.0. The molecule has 3 N–H and O–H groups in total. The second-order valence-electron chi connectivity index (χ2n) is 4.15. The Kier molecular flexibility index (Phi) is 4.31. The van der Waals surface area contributed by atoms with Gasteiger partial charge < -0.3 is 16.0 Å². The lowest BCUT2D eigenvalue weighted by molar-refractivity contribution is 0.0943. The van der Waals surface area contributed by atoms with E-state index in [1.54, 1.807) is 24.3 Å². The Balaban J connectivity index is 2.53. The van der Waals surface area contributed by atoms with Crippen molar-refractivity contribution in [1.29, 1.82) is 0 Å². The number of hydrogen-bond acceptors (Lipinski definition) is 3. The van der Waals surface area contributed by atoms with Crippen molar-refractivity contribution in [2.24, 2.45) is 0 Å². The predicted molar refractivity (Wildman–Crippen MR) is 66.3 cm³/mol. The first kappa shape index (κ1) is 12.5. The second kappa shape index (κ2) is 5.51. The number of carbonyl (C=O) groups is 1. The largest absolute Gasteiger partial charge is 0.399 e. The van der Waals surface area contributed by atoms with Gasteiger partial charge in [-0.1, -0.05) is 6.07 Å². The van der Waals surface area contributed by atoms with Gasteiger partial charge in [0.15, 0.2) is 0 Å². The predicted octanol–water partition coefficient (Wildman–Crippen LogP) is 0.949. The highest BCUT2D eigenvalue weighted by atomic mass is 16.1. The van der Waals surface area contributed by atoms with E-state index in [0.717, 1.165) is 0 Å². The number of benzene rings is 1. The maximum absolute atomic E-state index is 11.7. The quantitative estimate of drug-likeness (QED) is 0.744. The highest BCUT2D eigenvalue weighted by Crippen LogP contribution is 2.06. The van der Waals surface area contributed by atoms with Crippen LogP contribution in [0.15, 0.2) is 24.3 Å². The molecule has 1 aromatic rings. The molecule has 1 atom stereocenters. The van der Waals surface area contributed by atoms with E-state index in [1.165, 1.54) is 0 Å². The number of nitrogens with one attached hydrogen (secondary N) is 1. The highest BCUT2D eigenvalue weighted by molar-refractivity contribution is 5.94. The minimum Gasteiger partial charge on any atom is -0.399 e. The van der Waals surface area contributed by atoms with Gasteiger partial charge in [0, 0.05) is 23.8 Å². The monoisotopic (exact) mass is 221 g/mol. The number of likely N-dealkylation sites (N-methyl/N-ethyl adjacent to an activating group) is 1. The van der Waals surface area contributed by atoms with Crippen LogP contribution in [0.1, 0.15) is 17.3 Å². The van der Waals surface area contributed by atoms with Crippen molar-refractivity contribution in [1.82, 2.24) is 10.2 Å². The summed E-state index contributed by atoms with van der Waals surface area (Å²) >= 11 is 0. The van der Waals surface area contributed by atoms with Crippen molar-refractivity contribution in [3.8, 4) is 0 Å². The van der Waals surface area contributed by atoms with Gasteiger partial charge in [0.05, 0.1) is 0 Å². The second-order valence-corrected chi connectivity index (χ2v) is 4.15. The van der Waals surface area contributed by atoms with Crippen molar-refractivity contribution in [3.63, 3.8) is 0 Å². The SMILES string of the molecule is CC(CNC(=O)c1cccc(N)c1)N(C)C. The molecule has 1 unspecified atom stereocenters. The standard InChI is InChI=1S/C12H19N3O/c1-9(15(2)3)8-14-12(16)10-5-4-6-11(13)7-10/h4-7,9H,8,13H2,1-3H3,(H,14,16). The molecule has 16 heavy (non-hydrogen) atoms. The number of amides is 1. The van der Waals surface area contributed by atoms with E-state index in [4.69, 9.17) is 5.73 Å². The highest BCUT2D eigenvalue weighted by Gasteiger charge is 2.08. The first-order valence-electron chi connectivity index (χ1n) is 5.31. The Hall–Kier alpha value is -1.55. The summed E-state index contributed by atoms with van der Waals surface area (Å²) in [6.07, 6.45) is 0. The van der Waals surface area contributed by atoms with Crippen LogP contribution in [0.3, 0.4) is 0 Å². The zero-order valence-electron chi connectivity index (χ0n) is 10.0. The molecule has 0 aliphatic heterocycles. The molecule has 0 spiro atoms. The van der Waals surface area contributed by atoms with Crippen LogP contribution in [0.5, 0.6) is 0 Å². The Morgan fingerprint density at radius 3 is 2.75 bits per heavy atom. The van der Waals surface area contributed by atoms with E-state index < -0.39 is 0 Å². The summed E-state index contributed by atoms with van der Waals surface area (Å²) in [5.74, 6) is -0.0824. The summed E-state index contributed by atoms with van der Waals surface area (Å²) in [4.78, 5) is 13.8. The number of rotatable bonds is 4. The van der Waals surface area contributed by atoms with Crippen molar-refractivity contribution in [2.45, 2.75) is 13.0 Å². The average Bonchev–Trinajstić information content (AvgIpc) is 2.25. The summed E-state index contributed by atoms with van der Waals surface area (Å²) in [6.45, 7) is 2.68. The van der Waals surface area contributed by atoms with Crippen LogP contribution in [0.4, 0.5) is 5.69 Å². The summed E-state index contributed by atoms with van der Waals surface area (Å²) in [6, 6.07) is 7.28. The Morgan fingerprint density at radius 1 is 1.50 bits per heavy atom. The van der Waals surface area contributed by atoms with Crippen LogP contribution in [-0.2, 0) is 0 Å². The Morgan fingerprint density at radius 2 is 2.19 bits per heavy atom. The van der Waals surface area contributed by atoms with Gasteiger partial charge in [0.1, 0.15) is 0 Å². The first-order valence-corrected chi connectivity index (χ1v) is 5.31. The molecular formula is C12H19N3O. The third-order valence-electron chi connectivity index (χ3n) is 2.59. The maximum atomic E-state index is 11.7. The van der Waals surface area contributed by atoms with E-state index >= 15 is 0 Å². The Labute approximate surface area is 96.4 Å². The number of nitrogen functional groups attached to an aromatic ring is 1. The van der Waals surface area contributed by atoms with Crippen LogP contribution in [-0.4, -0.2) is 37.5 Å². The van der Waals surface area contributed by atoms with E-state index in [1.807, 2.05) is 14.1 Å². The maximum Gasteiger partial charge on any atom is 0.251 e. The van der Waals surface area contributed by atoms with Crippen molar-refractivity contribution < 1.29 is 4.79 Å². The van der Waals surface area contributed by atoms with Gasteiger partial charge in [-0.3, -0.25) is 4.79 Å². The van der Waals surface area contributed by atoms with Crippen molar-refractivity contribution >= 4 is 11.6 Å². The lowest BCUT2D eigenvalue weighted by Gasteiger charge is -2.19. The molecule has 0 bridgehead atoms. The number of anilines is 1. The zero-order chi connectivity index (χ0) is 12.1. The summed E-state index contributed by atoms with van der Waals surface area (Å²) < 4.78 is 0. The van der Waals surface area contributed by atoms with Crippen LogP contribution in [0.25, 0.3) is 0 Å². The molecule has 88 valence electrons. The fourth-order valence-electron chi connectivity index (χ4n) is 1.20. The molecule has 0 aromatic heterocycles. The van der Waals surface area contributed by atoms with E-state index in [2.05, 4.69) is 17.1 Å². The van der Waals surface area contributed by atoms with Crippen LogP contribution >= 0.6 is 0 Å². The van der Waals surface area contributed by atoms with Crippen LogP contribution < -0.4 is 11.1 Å². The van der Waals surface area contributed by atoms with E-state index in [9.17, 15) is 4.79 Å². The topological polar surface area (TPSA) is 58.4 Å². The molecule has 1 rings (SSSR count). The molecule has 0 aliphatic carbocycles. The van der Waals surface area contributed by atoms with Crippen molar-refractivity contribution in [3.05, 3.63) is 29.8 Å². The molecular weight excluding hydrogens is 202 g/mol. The minimum absolute atomic E-state index is 0.0824. The van der Waals surface area contributed by atoms with Crippen molar-refractivity contribution in [2.75, 3.05) is 26.4 Å². The number of hydrogen-bond donors (Lipinski definition) is 2. The number of nitrogens with two attached hydrogens (primary N) is 1. The molecule has 0 heterocycles. The molecule has 4 nitrogen and oxygen atoms in total. The summed E-state index contributed by atoms with van der Waals surface area (Å²) in [5, 5.41) is 2.87. The van der Waals surface area contributed by atoms with Gasteiger partial charge in [-0.15, -0.1) is 0 Å². The molecule has 1 aromatic carbocycles. The lowest BCUT2D eigenvalue weighted by atomic mass is 10.2. The summed E-state index contributed by atoms with van der Waals surface area (Å²) in [7, 11) is 3.97. The average molecular weight is 221 g/mol. The smallest absolute Gasteiger partial charge is 0.251 e. The fourth-order valence-corrected chi connectivity index (χ4v) is 1.20. The van der Waals surface area contributed by atoms with Gasteiger partial charge in [0.25, 0.3) is 5.91 Å². The molecule has 0 saturated heterocycles. The first-order chi connectivity index (χ1) is 7.50. The normalized spacial score (nSPS) is 12.5. The van der Waals surface area contributed by atoms with Gasteiger partial charge in [-0.25, -0.2) is 0 Å². The number of nitrogens with zero attached hydrogens (tertiary/aromatic N) is 1.